The number of thiocarbonyl (C=S) groups is 1. The second-order valence-corrected chi connectivity index (χ2v) is 4.67. The van der Waals surface area contributed by atoms with E-state index in [-0.39, 0.29) is 11.6 Å². The predicted octanol–water partition coefficient (Wildman–Crippen LogP) is 0.131. The van der Waals surface area contributed by atoms with Crippen molar-refractivity contribution in [3.8, 4) is 5.75 Å². The molecule has 7 heteroatoms. The van der Waals surface area contributed by atoms with Crippen molar-refractivity contribution in [2.75, 3.05) is 13.2 Å². The van der Waals surface area contributed by atoms with E-state index in [4.69, 9.17) is 27.4 Å². The van der Waals surface area contributed by atoms with Gasteiger partial charge in [-0.3, -0.25) is 4.79 Å². The van der Waals surface area contributed by atoms with Gasteiger partial charge in [0.05, 0.1) is 12.2 Å². The number of hydrogen-bond acceptors (Lipinski definition) is 5. The SMILES string of the molecule is NC(=S)c1ccccc1OCC(=O)NC1CCOC1=O. The summed E-state index contributed by atoms with van der Waals surface area (Å²) in [5.41, 5.74) is 6.13. The lowest BCUT2D eigenvalue weighted by Gasteiger charge is -2.12. The molecule has 0 saturated carbocycles. The quantitative estimate of drug-likeness (QED) is 0.592. The molecular formula is C13H14N2O4S. The lowest BCUT2D eigenvalue weighted by Crippen LogP contribution is -2.40. The Morgan fingerprint density at radius 2 is 2.25 bits per heavy atom. The zero-order valence-corrected chi connectivity index (χ0v) is 11.4. The van der Waals surface area contributed by atoms with E-state index < -0.39 is 17.9 Å². The number of para-hydroxylation sites is 1. The molecular weight excluding hydrogens is 280 g/mol. The third-order valence-corrected chi connectivity index (χ3v) is 3.00. The van der Waals surface area contributed by atoms with Crippen molar-refractivity contribution in [2.45, 2.75) is 12.5 Å². The van der Waals surface area contributed by atoms with Crippen molar-refractivity contribution >= 4 is 29.1 Å². The van der Waals surface area contributed by atoms with Crippen LogP contribution in [0.2, 0.25) is 0 Å². The molecule has 2 rings (SSSR count). The van der Waals surface area contributed by atoms with E-state index in [0.717, 1.165) is 0 Å². The maximum atomic E-state index is 11.7. The molecule has 1 unspecified atom stereocenters. The molecule has 0 radical (unpaired) electrons. The Morgan fingerprint density at radius 3 is 2.90 bits per heavy atom. The molecule has 3 N–H and O–H groups in total. The van der Waals surface area contributed by atoms with Gasteiger partial charge in [-0.25, -0.2) is 4.79 Å². The molecule has 0 spiro atoms. The number of nitrogens with two attached hydrogens (primary N) is 1. The molecule has 0 bridgehead atoms. The highest BCUT2D eigenvalue weighted by atomic mass is 32.1. The molecule has 1 atom stereocenters. The topological polar surface area (TPSA) is 90.7 Å². The number of esters is 1. The summed E-state index contributed by atoms with van der Waals surface area (Å²) in [5, 5.41) is 2.54. The van der Waals surface area contributed by atoms with Crippen LogP contribution < -0.4 is 15.8 Å². The van der Waals surface area contributed by atoms with Gasteiger partial charge in [-0.05, 0) is 12.1 Å². The van der Waals surface area contributed by atoms with Crippen LogP contribution in [0.25, 0.3) is 0 Å². The van der Waals surface area contributed by atoms with E-state index in [9.17, 15) is 9.59 Å². The summed E-state index contributed by atoms with van der Waals surface area (Å²) < 4.78 is 10.1. The molecule has 1 fully saturated rings. The summed E-state index contributed by atoms with van der Waals surface area (Å²) in [6.07, 6.45) is 0.480. The zero-order valence-electron chi connectivity index (χ0n) is 10.6. The van der Waals surface area contributed by atoms with Gasteiger partial charge in [-0.2, -0.15) is 0 Å². The van der Waals surface area contributed by atoms with Crippen molar-refractivity contribution in [3.05, 3.63) is 29.8 Å². The molecule has 6 nitrogen and oxygen atoms in total. The van der Waals surface area contributed by atoms with Crippen molar-refractivity contribution in [2.24, 2.45) is 5.73 Å². The number of cyclic esters (lactones) is 1. The Bertz CT molecular complexity index is 547. The highest BCUT2D eigenvalue weighted by molar-refractivity contribution is 7.80. The summed E-state index contributed by atoms with van der Waals surface area (Å²) >= 11 is 4.90. The Hall–Kier alpha value is -2.15. The van der Waals surface area contributed by atoms with Gasteiger partial charge < -0.3 is 20.5 Å². The Labute approximate surface area is 121 Å². The van der Waals surface area contributed by atoms with Crippen molar-refractivity contribution < 1.29 is 19.1 Å². The van der Waals surface area contributed by atoms with E-state index >= 15 is 0 Å². The molecule has 1 aromatic carbocycles. The van der Waals surface area contributed by atoms with Gasteiger partial charge in [-0.15, -0.1) is 0 Å². The zero-order chi connectivity index (χ0) is 14.5. The smallest absolute Gasteiger partial charge is 0.328 e. The van der Waals surface area contributed by atoms with Gasteiger partial charge in [0, 0.05) is 6.42 Å². The summed E-state index contributed by atoms with van der Waals surface area (Å²) in [6.45, 7) is 0.109. The maximum Gasteiger partial charge on any atom is 0.328 e. The summed E-state index contributed by atoms with van der Waals surface area (Å²) in [6, 6.07) is 6.33. The van der Waals surface area contributed by atoms with Gasteiger partial charge in [0.2, 0.25) is 0 Å². The van der Waals surface area contributed by atoms with Crippen LogP contribution in [0.3, 0.4) is 0 Å². The lowest BCUT2D eigenvalue weighted by atomic mass is 10.2. The third-order valence-electron chi connectivity index (χ3n) is 2.78. The Morgan fingerprint density at radius 1 is 1.50 bits per heavy atom. The first-order chi connectivity index (χ1) is 9.58. The summed E-state index contributed by atoms with van der Waals surface area (Å²) in [7, 11) is 0. The first-order valence-corrected chi connectivity index (χ1v) is 6.46. The highest BCUT2D eigenvalue weighted by Crippen LogP contribution is 2.17. The van der Waals surface area contributed by atoms with Crippen molar-refractivity contribution in [3.63, 3.8) is 0 Å². The van der Waals surface area contributed by atoms with E-state index in [0.29, 0.717) is 24.3 Å². The van der Waals surface area contributed by atoms with Crippen LogP contribution in [0.5, 0.6) is 5.75 Å². The lowest BCUT2D eigenvalue weighted by molar-refractivity contribution is -0.141. The Kier molecular flexibility index (Phi) is 4.52. The van der Waals surface area contributed by atoms with Crippen LogP contribution in [0.15, 0.2) is 24.3 Å². The van der Waals surface area contributed by atoms with Crippen molar-refractivity contribution in [1.29, 1.82) is 0 Å². The number of carbonyl (C=O) groups is 2. The summed E-state index contributed by atoms with van der Waals surface area (Å²) in [4.78, 5) is 23.1. The number of amides is 1. The fraction of sp³-hybridized carbons (Fsp3) is 0.308. The molecule has 106 valence electrons. The standard InChI is InChI=1S/C13H14N2O4S/c14-12(20)8-3-1-2-4-10(8)19-7-11(16)15-9-5-6-18-13(9)17/h1-4,9H,5-7H2,(H2,14,20)(H,15,16). The first-order valence-electron chi connectivity index (χ1n) is 6.05. The number of rotatable bonds is 5. The largest absolute Gasteiger partial charge is 0.483 e. The Balaban J connectivity index is 1.90. The minimum absolute atomic E-state index is 0.195. The van der Waals surface area contributed by atoms with Gasteiger partial charge >= 0.3 is 5.97 Å². The first kappa shape index (κ1) is 14.3. The molecule has 1 aliphatic heterocycles. The van der Waals surface area contributed by atoms with Gasteiger partial charge in [0.15, 0.2) is 6.61 Å². The maximum absolute atomic E-state index is 11.7. The number of carbonyl (C=O) groups excluding carboxylic acids is 2. The van der Waals surface area contributed by atoms with E-state index in [1.165, 1.54) is 0 Å². The number of hydrogen-bond donors (Lipinski definition) is 2. The van der Waals surface area contributed by atoms with E-state index in [1.807, 2.05) is 0 Å². The fourth-order valence-electron chi connectivity index (χ4n) is 1.80. The predicted molar refractivity (Wildman–Crippen MR) is 75.3 cm³/mol. The molecule has 1 aromatic rings. The number of nitrogens with one attached hydrogen (secondary N) is 1. The van der Waals surface area contributed by atoms with E-state index in [1.54, 1.807) is 24.3 Å². The third kappa shape index (κ3) is 3.45. The number of ether oxygens (including phenoxy) is 2. The monoisotopic (exact) mass is 294 g/mol. The number of benzene rings is 1. The summed E-state index contributed by atoms with van der Waals surface area (Å²) in [5.74, 6) is -0.377. The molecule has 20 heavy (non-hydrogen) atoms. The minimum atomic E-state index is -0.586. The molecule has 1 saturated heterocycles. The highest BCUT2D eigenvalue weighted by Gasteiger charge is 2.27. The second kappa shape index (κ2) is 6.33. The van der Waals surface area contributed by atoms with Crippen LogP contribution in [0, 0.1) is 0 Å². The molecule has 0 aliphatic carbocycles. The molecule has 0 aromatic heterocycles. The average molecular weight is 294 g/mol. The second-order valence-electron chi connectivity index (χ2n) is 4.23. The fourth-order valence-corrected chi connectivity index (χ4v) is 1.97. The van der Waals surface area contributed by atoms with Crippen LogP contribution >= 0.6 is 12.2 Å². The molecule has 1 aliphatic rings. The van der Waals surface area contributed by atoms with Crippen molar-refractivity contribution in [1.82, 2.24) is 5.32 Å². The van der Waals surface area contributed by atoms with Gasteiger partial charge in [0.25, 0.3) is 5.91 Å². The van der Waals surface area contributed by atoms with Crippen LogP contribution in [-0.2, 0) is 14.3 Å². The van der Waals surface area contributed by atoms with Gasteiger partial charge in [0.1, 0.15) is 16.8 Å². The molecule has 1 heterocycles. The minimum Gasteiger partial charge on any atom is -0.483 e. The van der Waals surface area contributed by atoms with Crippen LogP contribution in [0.4, 0.5) is 0 Å². The molecule has 1 amide bonds. The van der Waals surface area contributed by atoms with Crippen LogP contribution in [0.1, 0.15) is 12.0 Å². The average Bonchev–Trinajstić information content (AvgIpc) is 2.82. The van der Waals surface area contributed by atoms with Crippen LogP contribution in [-0.4, -0.2) is 36.1 Å². The normalized spacial score (nSPS) is 17.4. The van der Waals surface area contributed by atoms with Gasteiger partial charge in [-0.1, -0.05) is 24.4 Å². The van der Waals surface area contributed by atoms with E-state index in [2.05, 4.69) is 5.32 Å².